The third kappa shape index (κ3) is 4.29. The molecule has 1 amide bonds. The highest BCUT2D eigenvalue weighted by Crippen LogP contribution is 2.26. The lowest BCUT2D eigenvalue weighted by molar-refractivity contribution is -0.384. The first-order chi connectivity index (χ1) is 13.3. The number of hydrogen-bond donors (Lipinski definition) is 2. The summed E-state index contributed by atoms with van der Waals surface area (Å²) in [5, 5.41) is 21.5. The Labute approximate surface area is 165 Å². The summed E-state index contributed by atoms with van der Waals surface area (Å²) in [6, 6.07) is 13.5. The van der Waals surface area contributed by atoms with Gasteiger partial charge in [0.1, 0.15) is 0 Å². The summed E-state index contributed by atoms with van der Waals surface area (Å²) >= 11 is 1.15. The molecular weight excluding hydrogens is 380 g/mol. The average Bonchev–Trinajstić information content (AvgIpc) is 3.03. The molecule has 0 aliphatic rings. The van der Waals surface area contributed by atoms with Crippen molar-refractivity contribution in [2.24, 2.45) is 0 Å². The van der Waals surface area contributed by atoms with Gasteiger partial charge in [-0.25, -0.2) is 4.68 Å². The molecule has 144 valence electrons. The normalized spacial score (nSPS) is 11.8. The topological polar surface area (TPSA) is 129 Å². The molecule has 2 aromatic carbocycles. The number of nitrogen functional groups attached to an aromatic ring is 1. The van der Waals surface area contributed by atoms with Crippen LogP contribution in [0.15, 0.2) is 53.7 Å². The minimum Gasteiger partial charge on any atom is -0.335 e. The van der Waals surface area contributed by atoms with Crippen LogP contribution in [0.25, 0.3) is 11.4 Å². The molecule has 0 spiro atoms. The van der Waals surface area contributed by atoms with E-state index < -0.39 is 10.2 Å². The number of amides is 1. The first-order valence-electron chi connectivity index (χ1n) is 8.34. The third-order valence-corrected chi connectivity index (χ3v) is 5.01. The van der Waals surface area contributed by atoms with Gasteiger partial charge in [0.15, 0.2) is 5.82 Å². The molecule has 0 fully saturated rings. The summed E-state index contributed by atoms with van der Waals surface area (Å²) in [5.74, 6) is 6.26. The Kier molecular flexibility index (Phi) is 5.59. The Morgan fingerprint density at radius 1 is 1.25 bits per heavy atom. The predicted octanol–water partition coefficient (Wildman–Crippen LogP) is 2.99. The van der Waals surface area contributed by atoms with Gasteiger partial charge in [-0.05, 0) is 19.9 Å². The SMILES string of the molecule is Cc1ccc(-c2nnc(SC(C)C(=O)Nc3cccc([N+](=O)[O-])c3)n2N)cc1. The number of aryl methyl sites for hydroxylation is 1. The first-order valence-corrected chi connectivity index (χ1v) is 9.22. The van der Waals surface area contributed by atoms with Crippen LogP contribution in [-0.2, 0) is 4.79 Å². The van der Waals surface area contributed by atoms with Gasteiger partial charge in [0.05, 0.1) is 10.2 Å². The van der Waals surface area contributed by atoms with Crippen molar-refractivity contribution in [2.45, 2.75) is 24.3 Å². The Morgan fingerprint density at radius 2 is 1.96 bits per heavy atom. The van der Waals surface area contributed by atoms with Crippen LogP contribution in [-0.4, -0.2) is 31.0 Å². The van der Waals surface area contributed by atoms with E-state index in [2.05, 4.69) is 15.5 Å². The van der Waals surface area contributed by atoms with Crippen molar-refractivity contribution in [3.05, 3.63) is 64.2 Å². The molecule has 9 nitrogen and oxygen atoms in total. The summed E-state index contributed by atoms with van der Waals surface area (Å²) in [7, 11) is 0. The molecule has 0 aliphatic heterocycles. The number of aromatic nitrogens is 3. The van der Waals surface area contributed by atoms with E-state index >= 15 is 0 Å². The number of anilines is 1. The molecule has 0 saturated heterocycles. The van der Waals surface area contributed by atoms with Crippen LogP contribution < -0.4 is 11.2 Å². The number of nitro benzene ring substituents is 1. The average molecular weight is 398 g/mol. The van der Waals surface area contributed by atoms with E-state index in [0.717, 1.165) is 22.9 Å². The van der Waals surface area contributed by atoms with Gasteiger partial charge in [-0.2, -0.15) is 0 Å². The van der Waals surface area contributed by atoms with Crippen molar-refractivity contribution >= 4 is 29.0 Å². The predicted molar refractivity (Wildman–Crippen MR) is 107 cm³/mol. The van der Waals surface area contributed by atoms with E-state index in [1.54, 1.807) is 13.0 Å². The molecule has 0 saturated carbocycles. The van der Waals surface area contributed by atoms with Crippen LogP contribution in [0.3, 0.4) is 0 Å². The fourth-order valence-electron chi connectivity index (χ4n) is 2.41. The highest BCUT2D eigenvalue weighted by Gasteiger charge is 2.20. The second-order valence-corrected chi connectivity index (χ2v) is 7.41. The van der Waals surface area contributed by atoms with Crippen LogP contribution in [0.1, 0.15) is 12.5 Å². The molecule has 0 bridgehead atoms. The van der Waals surface area contributed by atoms with Gasteiger partial charge >= 0.3 is 0 Å². The number of carbonyl (C=O) groups is 1. The fraction of sp³-hybridized carbons (Fsp3) is 0.167. The Bertz CT molecular complexity index is 1020. The summed E-state index contributed by atoms with van der Waals surface area (Å²) < 4.78 is 1.34. The minimum absolute atomic E-state index is 0.0949. The maximum atomic E-state index is 12.4. The zero-order chi connectivity index (χ0) is 20.3. The molecule has 1 heterocycles. The van der Waals surface area contributed by atoms with Crippen LogP contribution in [0.5, 0.6) is 0 Å². The molecule has 28 heavy (non-hydrogen) atoms. The van der Waals surface area contributed by atoms with Crippen molar-refractivity contribution < 1.29 is 9.72 Å². The zero-order valence-electron chi connectivity index (χ0n) is 15.2. The minimum atomic E-state index is -0.545. The molecule has 1 aromatic heterocycles. The summed E-state index contributed by atoms with van der Waals surface area (Å²) in [6.45, 7) is 3.68. The van der Waals surface area contributed by atoms with Crippen molar-refractivity contribution in [3.8, 4) is 11.4 Å². The number of hydrogen-bond acceptors (Lipinski definition) is 7. The molecule has 1 unspecified atom stereocenters. The highest BCUT2D eigenvalue weighted by molar-refractivity contribution is 8.00. The van der Waals surface area contributed by atoms with E-state index in [9.17, 15) is 14.9 Å². The third-order valence-electron chi connectivity index (χ3n) is 3.95. The molecule has 3 N–H and O–H groups in total. The van der Waals surface area contributed by atoms with Crippen LogP contribution in [0.2, 0.25) is 0 Å². The Balaban J connectivity index is 1.70. The van der Waals surface area contributed by atoms with Crippen LogP contribution in [0.4, 0.5) is 11.4 Å². The van der Waals surface area contributed by atoms with Gasteiger partial charge in [0, 0.05) is 23.4 Å². The fourth-order valence-corrected chi connectivity index (χ4v) is 3.18. The van der Waals surface area contributed by atoms with Crippen LogP contribution in [0, 0.1) is 17.0 Å². The number of nitrogens with one attached hydrogen (secondary N) is 1. The molecule has 0 aliphatic carbocycles. The van der Waals surface area contributed by atoms with E-state index in [1.165, 1.54) is 22.9 Å². The van der Waals surface area contributed by atoms with Crippen molar-refractivity contribution in [1.29, 1.82) is 0 Å². The Morgan fingerprint density at radius 3 is 2.64 bits per heavy atom. The molecule has 1 atom stereocenters. The summed E-state index contributed by atoms with van der Waals surface area (Å²) in [4.78, 5) is 22.8. The smallest absolute Gasteiger partial charge is 0.271 e. The molecule has 10 heteroatoms. The highest BCUT2D eigenvalue weighted by atomic mass is 32.2. The largest absolute Gasteiger partial charge is 0.335 e. The number of benzene rings is 2. The van der Waals surface area contributed by atoms with Crippen molar-refractivity contribution in [2.75, 3.05) is 11.2 Å². The van der Waals surface area contributed by atoms with E-state index in [1.807, 2.05) is 31.2 Å². The van der Waals surface area contributed by atoms with E-state index in [4.69, 9.17) is 5.84 Å². The second kappa shape index (κ2) is 8.09. The number of nitro groups is 1. The van der Waals surface area contributed by atoms with Gasteiger partial charge in [-0.3, -0.25) is 14.9 Å². The molecular formula is C18H18N6O3S. The standard InChI is InChI=1S/C18H18N6O3S/c1-11-6-8-13(9-7-11)16-21-22-18(23(16)19)28-12(2)17(25)20-14-4-3-5-15(10-14)24(26)27/h3-10,12H,19H2,1-2H3,(H,20,25). The number of nitrogens with two attached hydrogens (primary N) is 1. The number of non-ortho nitro benzene ring substituents is 1. The van der Waals surface area contributed by atoms with Gasteiger partial charge < -0.3 is 11.2 Å². The van der Waals surface area contributed by atoms with Crippen molar-refractivity contribution in [1.82, 2.24) is 14.9 Å². The maximum absolute atomic E-state index is 12.4. The van der Waals surface area contributed by atoms with Gasteiger partial charge in [-0.1, -0.05) is 47.7 Å². The number of thioether (sulfide) groups is 1. The lowest BCUT2D eigenvalue weighted by Crippen LogP contribution is -2.23. The van der Waals surface area contributed by atoms with Crippen LogP contribution >= 0.6 is 11.8 Å². The first kappa shape index (κ1) is 19.4. The molecule has 3 aromatic rings. The monoisotopic (exact) mass is 398 g/mol. The Hall–Kier alpha value is -3.40. The van der Waals surface area contributed by atoms with Gasteiger partial charge in [0.2, 0.25) is 11.1 Å². The molecule has 0 radical (unpaired) electrons. The second-order valence-electron chi connectivity index (χ2n) is 6.10. The van der Waals surface area contributed by atoms with Gasteiger partial charge in [0.25, 0.3) is 5.69 Å². The quantitative estimate of drug-likeness (QED) is 0.282. The van der Waals surface area contributed by atoms with Gasteiger partial charge in [-0.15, -0.1) is 10.2 Å². The lowest BCUT2D eigenvalue weighted by Gasteiger charge is -2.11. The lowest BCUT2D eigenvalue weighted by atomic mass is 10.1. The van der Waals surface area contributed by atoms with E-state index in [0.29, 0.717) is 16.7 Å². The zero-order valence-corrected chi connectivity index (χ0v) is 16.0. The summed E-state index contributed by atoms with van der Waals surface area (Å²) in [5.41, 5.74) is 2.19. The van der Waals surface area contributed by atoms with Crippen molar-refractivity contribution in [3.63, 3.8) is 0 Å². The maximum Gasteiger partial charge on any atom is 0.271 e. The number of rotatable bonds is 6. The number of nitrogens with zero attached hydrogens (tertiary/aromatic N) is 4. The van der Waals surface area contributed by atoms with E-state index in [-0.39, 0.29) is 11.6 Å². The molecule has 3 rings (SSSR count). The summed E-state index contributed by atoms with van der Waals surface area (Å²) in [6.07, 6.45) is 0. The number of carbonyl (C=O) groups excluding carboxylic acids is 1.